The lowest BCUT2D eigenvalue weighted by Crippen LogP contribution is -2.63. The number of hydrogen-bond acceptors (Lipinski definition) is 3. The number of carbonyl (C=O) groups excluding carboxylic acids is 2. The first kappa shape index (κ1) is 16.5. The van der Waals surface area contributed by atoms with Gasteiger partial charge >= 0.3 is 0 Å². The molecule has 1 unspecified atom stereocenters. The Morgan fingerprint density at radius 2 is 2.12 bits per heavy atom. The molecule has 0 aromatic heterocycles. The van der Waals surface area contributed by atoms with E-state index < -0.39 is 0 Å². The molecule has 2 aliphatic heterocycles. The maximum Gasteiger partial charge on any atom is 0.253 e. The summed E-state index contributed by atoms with van der Waals surface area (Å²) in [5.74, 6) is 0.171. The van der Waals surface area contributed by atoms with E-state index in [4.69, 9.17) is 5.26 Å². The van der Waals surface area contributed by atoms with E-state index in [0.29, 0.717) is 37.2 Å². The van der Waals surface area contributed by atoms with Gasteiger partial charge in [0.15, 0.2) is 0 Å². The van der Waals surface area contributed by atoms with Crippen molar-refractivity contribution in [2.45, 2.75) is 44.6 Å². The number of likely N-dealkylation sites (N-methyl/N-ethyl adjacent to an activating group) is 1. The molecule has 24 heavy (non-hydrogen) atoms. The first-order valence-electron chi connectivity index (χ1n) is 8.69. The van der Waals surface area contributed by atoms with Crippen molar-refractivity contribution in [1.82, 2.24) is 9.80 Å². The molecule has 1 spiro atoms. The Morgan fingerprint density at radius 3 is 2.88 bits per heavy atom. The van der Waals surface area contributed by atoms with Crippen LogP contribution in [0.2, 0.25) is 0 Å². The van der Waals surface area contributed by atoms with Crippen molar-refractivity contribution in [2.75, 3.05) is 19.6 Å². The largest absolute Gasteiger partial charge is 0.336 e. The molecule has 1 aromatic carbocycles. The van der Waals surface area contributed by atoms with Gasteiger partial charge in [0.1, 0.15) is 0 Å². The van der Waals surface area contributed by atoms with Gasteiger partial charge in [0.25, 0.3) is 5.91 Å². The second kappa shape index (κ2) is 6.64. The van der Waals surface area contributed by atoms with Crippen molar-refractivity contribution in [3.05, 3.63) is 35.4 Å². The summed E-state index contributed by atoms with van der Waals surface area (Å²) in [6.07, 6.45) is 4.37. The van der Waals surface area contributed by atoms with Gasteiger partial charge in [-0.1, -0.05) is 6.07 Å². The highest BCUT2D eigenvalue weighted by molar-refractivity contribution is 5.94. The number of carbonyl (C=O) groups is 2. The third-order valence-corrected chi connectivity index (χ3v) is 5.30. The van der Waals surface area contributed by atoms with Crippen molar-refractivity contribution >= 4 is 11.8 Å². The monoisotopic (exact) mass is 325 g/mol. The van der Waals surface area contributed by atoms with Crippen LogP contribution in [0.1, 0.15) is 54.9 Å². The predicted octanol–water partition coefficient (Wildman–Crippen LogP) is 2.57. The van der Waals surface area contributed by atoms with Gasteiger partial charge < -0.3 is 9.80 Å². The van der Waals surface area contributed by atoms with Gasteiger partial charge in [0, 0.05) is 31.6 Å². The van der Waals surface area contributed by atoms with Crippen molar-refractivity contribution in [2.24, 2.45) is 0 Å². The molecular formula is C19H23N3O2. The Morgan fingerprint density at radius 1 is 1.33 bits per heavy atom. The predicted molar refractivity (Wildman–Crippen MR) is 90.3 cm³/mol. The third-order valence-electron chi connectivity index (χ3n) is 5.30. The van der Waals surface area contributed by atoms with E-state index in [1.807, 2.05) is 16.7 Å². The van der Waals surface area contributed by atoms with Crippen LogP contribution in [0.5, 0.6) is 0 Å². The zero-order chi connectivity index (χ0) is 17.2. The first-order chi connectivity index (χ1) is 11.6. The molecule has 2 amide bonds. The van der Waals surface area contributed by atoms with Crippen LogP contribution in [0, 0.1) is 11.3 Å². The fourth-order valence-corrected chi connectivity index (χ4v) is 4.23. The maximum atomic E-state index is 12.9. The highest BCUT2D eigenvalue weighted by Crippen LogP contribution is 2.36. The summed E-state index contributed by atoms with van der Waals surface area (Å²) in [5, 5.41) is 9.03. The topological polar surface area (TPSA) is 64.4 Å². The standard InChI is InChI=1S/C19H23N3O2/c1-2-22-17(23)8-4-9-19(22)10-5-11-21(14-19)18(24)16-7-3-6-15(12-16)13-20/h3,6-7,12H,2,4-5,8-11,14H2,1H3. The minimum Gasteiger partial charge on any atom is -0.336 e. The van der Waals surface area contributed by atoms with Crippen molar-refractivity contribution in [3.63, 3.8) is 0 Å². The Kier molecular flexibility index (Phi) is 4.57. The third kappa shape index (κ3) is 2.89. The molecule has 126 valence electrons. The van der Waals surface area contributed by atoms with Gasteiger partial charge in [0.2, 0.25) is 5.91 Å². The molecule has 1 atom stereocenters. The average Bonchev–Trinajstić information content (AvgIpc) is 2.61. The normalized spacial score (nSPS) is 24.1. The molecule has 0 bridgehead atoms. The Hall–Kier alpha value is -2.35. The maximum absolute atomic E-state index is 12.9. The molecule has 1 aromatic rings. The summed E-state index contributed by atoms with van der Waals surface area (Å²) in [6, 6.07) is 8.93. The highest BCUT2D eigenvalue weighted by Gasteiger charge is 2.45. The molecule has 0 N–H and O–H groups in total. The van der Waals surface area contributed by atoms with Crippen LogP contribution in [0.4, 0.5) is 0 Å². The zero-order valence-corrected chi connectivity index (χ0v) is 14.1. The minimum absolute atomic E-state index is 0.0414. The fourth-order valence-electron chi connectivity index (χ4n) is 4.23. The summed E-state index contributed by atoms with van der Waals surface area (Å²) < 4.78 is 0. The van der Waals surface area contributed by atoms with Gasteiger partial charge in [-0.15, -0.1) is 0 Å². The Labute approximate surface area is 142 Å². The lowest BCUT2D eigenvalue weighted by Gasteiger charge is -2.52. The lowest BCUT2D eigenvalue weighted by atomic mass is 9.79. The second-order valence-corrected chi connectivity index (χ2v) is 6.74. The van der Waals surface area contributed by atoms with E-state index >= 15 is 0 Å². The molecule has 0 radical (unpaired) electrons. The molecule has 3 rings (SSSR count). The zero-order valence-electron chi connectivity index (χ0n) is 14.1. The molecule has 2 saturated heterocycles. The molecule has 2 heterocycles. The van der Waals surface area contributed by atoms with Crippen LogP contribution in [0.15, 0.2) is 24.3 Å². The van der Waals surface area contributed by atoms with E-state index in [1.54, 1.807) is 24.3 Å². The summed E-state index contributed by atoms with van der Waals surface area (Å²) in [7, 11) is 0. The highest BCUT2D eigenvalue weighted by atomic mass is 16.2. The summed E-state index contributed by atoms with van der Waals surface area (Å²) in [6.45, 7) is 4.03. The van der Waals surface area contributed by atoms with E-state index in [2.05, 4.69) is 6.07 Å². The second-order valence-electron chi connectivity index (χ2n) is 6.74. The summed E-state index contributed by atoms with van der Waals surface area (Å²) in [4.78, 5) is 29.0. The lowest BCUT2D eigenvalue weighted by molar-refractivity contribution is -0.144. The number of hydrogen-bond donors (Lipinski definition) is 0. The quantitative estimate of drug-likeness (QED) is 0.839. The molecule has 5 nitrogen and oxygen atoms in total. The molecule has 0 aliphatic carbocycles. The molecule has 2 aliphatic rings. The van der Waals surface area contributed by atoms with Gasteiger partial charge in [-0.2, -0.15) is 5.26 Å². The van der Waals surface area contributed by atoms with Gasteiger partial charge in [0.05, 0.1) is 17.2 Å². The van der Waals surface area contributed by atoms with Crippen LogP contribution < -0.4 is 0 Å². The smallest absolute Gasteiger partial charge is 0.253 e. The molecular weight excluding hydrogens is 302 g/mol. The van der Waals surface area contributed by atoms with E-state index in [1.165, 1.54) is 0 Å². The number of rotatable bonds is 2. The number of nitriles is 1. The number of piperidine rings is 2. The van der Waals surface area contributed by atoms with Crippen LogP contribution >= 0.6 is 0 Å². The van der Waals surface area contributed by atoms with Crippen LogP contribution in [0.25, 0.3) is 0 Å². The molecule has 2 fully saturated rings. The summed E-state index contributed by atoms with van der Waals surface area (Å²) >= 11 is 0. The van der Waals surface area contributed by atoms with E-state index in [-0.39, 0.29) is 17.4 Å². The van der Waals surface area contributed by atoms with Gasteiger partial charge in [-0.3, -0.25) is 9.59 Å². The van der Waals surface area contributed by atoms with Crippen molar-refractivity contribution in [3.8, 4) is 6.07 Å². The van der Waals surface area contributed by atoms with E-state index in [0.717, 1.165) is 25.7 Å². The first-order valence-corrected chi connectivity index (χ1v) is 8.69. The van der Waals surface area contributed by atoms with Crippen LogP contribution in [-0.4, -0.2) is 46.8 Å². The van der Waals surface area contributed by atoms with Crippen molar-refractivity contribution in [1.29, 1.82) is 5.26 Å². The average molecular weight is 325 g/mol. The van der Waals surface area contributed by atoms with Gasteiger partial charge in [-0.05, 0) is 50.8 Å². The van der Waals surface area contributed by atoms with Crippen molar-refractivity contribution < 1.29 is 9.59 Å². The number of amides is 2. The fraction of sp³-hybridized carbons (Fsp3) is 0.526. The van der Waals surface area contributed by atoms with Crippen LogP contribution in [0.3, 0.4) is 0 Å². The number of likely N-dealkylation sites (tertiary alicyclic amines) is 2. The number of nitrogens with zero attached hydrogens (tertiary/aromatic N) is 3. The SMILES string of the molecule is CCN1C(=O)CCCC12CCCN(C(=O)c1cccc(C#N)c1)C2. The molecule has 5 heteroatoms. The number of benzene rings is 1. The Bertz CT molecular complexity index is 690. The Balaban J connectivity index is 1.83. The minimum atomic E-state index is -0.204. The summed E-state index contributed by atoms with van der Waals surface area (Å²) in [5.41, 5.74) is 0.845. The van der Waals surface area contributed by atoms with E-state index in [9.17, 15) is 9.59 Å². The van der Waals surface area contributed by atoms with Gasteiger partial charge in [-0.25, -0.2) is 0 Å². The van der Waals surface area contributed by atoms with Crippen LogP contribution in [-0.2, 0) is 4.79 Å². The molecule has 0 saturated carbocycles.